The molecule has 0 fully saturated rings. The van der Waals surface area contributed by atoms with Crippen LogP contribution in [0.2, 0.25) is 0 Å². The van der Waals surface area contributed by atoms with Crippen LogP contribution < -0.4 is 11.1 Å². The molecule has 0 spiro atoms. The van der Waals surface area contributed by atoms with Gasteiger partial charge in [0.25, 0.3) is 0 Å². The minimum Gasteiger partial charge on any atom is -0.351 e. The van der Waals surface area contributed by atoms with Gasteiger partial charge in [-0.05, 0) is 24.0 Å². The van der Waals surface area contributed by atoms with Gasteiger partial charge in [0.1, 0.15) is 0 Å². The van der Waals surface area contributed by atoms with E-state index in [1.54, 1.807) is 0 Å². The van der Waals surface area contributed by atoms with Crippen molar-refractivity contribution in [2.75, 3.05) is 0 Å². The Kier molecular flexibility index (Phi) is 4.02. The molecule has 1 aliphatic carbocycles. The Morgan fingerprint density at radius 2 is 2.22 bits per heavy atom. The molecule has 0 saturated carbocycles. The Hall–Kier alpha value is -1.35. The number of nitrogens with two attached hydrogens (primary N) is 1. The Labute approximate surface area is 109 Å². The van der Waals surface area contributed by atoms with E-state index >= 15 is 0 Å². The van der Waals surface area contributed by atoms with Crippen molar-refractivity contribution in [1.29, 1.82) is 0 Å². The van der Waals surface area contributed by atoms with E-state index in [2.05, 4.69) is 24.4 Å². The predicted octanol–water partition coefficient (Wildman–Crippen LogP) is 2.16. The number of rotatable bonds is 4. The lowest BCUT2D eigenvalue weighted by atomic mass is 10.0. The van der Waals surface area contributed by atoms with Crippen LogP contribution in [0.4, 0.5) is 0 Å². The smallest absolute Gasteiger partial charge is 0.223 e. The molecule has 1 amide bonds. The van der Waals surface area contributed by atoms with E-state index in [0.29, 0.717) is 0 Å². The van der Waals surface area contributed by atoms with E-state index in [9.17, 15) is 4.79 Å². The van der Waals surface area contributed by atoms with Crippen molar-refractivity contribution in [1.82, 2.24) is 5.32 Å². The topological polar surface area (TPSA) is 55.1 Å². The summed E-state index contributed by atoms with van der Waals surface area (Å²) in [4.78, 5) is 12.0. The van der Waals surface area contributed by atoms with Crippen LogP contribution in [-0.2, 0) is 11.2 Å². The van der Waals surface area contributed by atoms with Gasteiger partial charge in [0.05, 0.1) is 12.1 Å². The van der Waals surface area contributed by atoms with Gasteiger partial charge in [-0.1, -0.05) is 44.5 Å². The van der Waals surface area contributed by atoms with Crippen molar-refractivity contribution >= 4 is 5.91 Å². The SMILES string of the molecule is CCCC(C)C(=O)N[C@H]1Cc2ccccc2[C@@H]1N. The Bertz CT molecular complexity index is 430. The number of hydrogen-bond acceptors (Lipinski definition) is 2. The molecule has 0 saturated heterocycles. The Morgan fingerprint density at radius 1 is 1.50 bits per heavy atom. The van der Waals surface area contributed by atoms with E-state index in [0.717, 1.165) is 19.3 Å². The van der Waals surface area contributed by atoms with E-state index in [4.69, 9.17) is 5.73 Å². The standard InChI is InChI=1S/C15H22N2O/c1-3-6-10(2)15(18)17-13-9-11-7-4-5-8-12(11)14(13)16/h4-5,7-8,10,13-14H,3,6,9,16H2,1-2H3,(H,17,18)/t10?,13-,14-/m0/s1. The fourth-order valence-corrected chi connectivity index (χ4v) is 2.66. The van der Waals surface area contributed by atoms with Gasteiger partial charge < -0.3 is 11.1 Å². The first-order chi connectivity index (χ1) is 8.63. The number of benzene rings is 1. The van der Waals surface area contributed by atoms with Crippen molar-refractivity contribution in [3.05, 3.63) is 35.4 Å². The first-order valence-corrected chi connectivity index (χ1v) is 6.77. The maximum atomic E-state index is 12.0. The lowest BCUT2D eigenvalue weighted by Gasteiger charge is -2.20. The van der Waals surface area contributed by atoms with Crippen molar-refractivity contribution in [3.63, 3.8) is 0 Å². The molecule has 3 heteroatoms. The van der Waals surface area contributed by atoms with Crippen LogP contribution in [0, 0.1) is 5.92 Å². The van der Waals surface area contributed by atoms with Gasteiger partial charge in [-0.2, -0.15) is 0 Å². The Morgan fingerprint density at radius 3 is 2.89 bits per heavy atom. The molecule has 1 aromatic carbocycles. The first-order valence-electron chi connectivity index (χ1n) is 6.77. The summed E-state index contributed by atoms with van der Waals surface area (Å²) in [6.45, 7) is 4.08. The average Bonchev–Trinajstić information content (AvgIpc) is 2.67. The second-order valence-electron chi connectivity index (χ2n) is 5.23. The summed E-state index contributed by atoms with van der Waals surface area (Å²) in [5.41, 5.74) is 8.63. The molecule has 3 N–H and O–H groups in total. The summed E-state index contributed by atoms with van der Waals surface area (Å²) in [5.74, 6) is 0.205. The van der Waals surface area contributed by atoms with Crippen molar-refractivity contribution in [2.45, 2.75) is 45.2 Å². The normalized spacial score (nSPS) is 23.5. The summed E-state index contributed by atoms with van der Waals surface area (Å²) in [5, 5.41) is 3.10. The molecule has 2 rings (SSSR count). The second-order valence-corrected chi connectivity index (χ2v) is 5.23. The average molecular weight is 246 g/mol. The molecule has 0 aliphatic heterocycles. The minimum atomic E-state index is -0.0704. The second kappa shape index (κ2) is 5.53. The number of fused-ring (bicyclic) bond motifs is 1. The van der Waals surface area contributed by atoms with Crippen molar-refractivity contribution in [3.8, 4) is 0 Å². The zero-order valence-electron chi connectivity index (χ0n) is 11.1. The van der Waals surface area contributed by atoms with Crippen LogP contribution in [0.1, 0.15) is 43.9 Å². The lowest BCUT2D eigenvalue weighted by molar-refractivity contribution is -0.125. The molecule has 18 heavy (non-hydrogen) atoms. The highest BCUT2D eigenvalue weighted by Crippen LogP contribution is 2.29. The molecule has 3 atom stereocenters. The molecule has 3 nitrogen and oxygen atoms in total. The highest BCUT2D eigenvalue weighted by molar-refractivity contribution is 5.78. The summed E-state index contributed by atoms with van der Waals surface area (Å²) in [7, 11) is 0. The van der Waals surface area contributed by atoms with Gasteiger partial charge in [0.2, 0.25) is 5.91 Å². The molecule has 98 valence electrons. The number of carbonyl (C=O) groups is 1. The summed E-state index contributed by atoms with van der Waals surface area (Å²) < 4.78 is 0. The van der Waals surface area contributed by atoms with Crippen LogP contribution in [0.3, 0.4) is 0 Å². The van der Waals surface area contributed by atoms with Crippen LogP contribution in [-0.4, -0.2) is 11.9 Å². The summed E-state index contributed by atoms with van der Waals surface area (Å²) >= 11 is 0. The predicted molar refractivity (Wildman–Crippen MR) is 73.1 cm³/mol. The first kappa shape index (κ1) is 13.1. The maximum absolute atomic E-state index is 12.0. The zero-order valence-corrected chi connectivity index (χ0v) is 11.1. The molecule has 1 aliphatic rings. The zero-order chi connectivity index (χ0) is 13.1. The molecule has 0 heterocycles. The van der Waals surface area contributed by atoms with E-state index in [1.165, 1.54) is 11.1 Å². The highest BCUT2D eigenvalue weighted by atomic mass is 16.1. The van der Waals surface area contributed by atoms with E-state index in [1.807, 2.05) is 19.1 Å². The molecule has 1 aromatic rings. The third-order valence-corrected chi connectivity index (χ3v) is 3.78. The Balaban J connectivity index is 1.99. The third-order valence-electron chi connectivity index (χ3n) is 3.78. The van der Waals surface area contributed by atoms with Crippen molar-refractivity contribution in [2.24, 2.45) is 11.7 Å². The number of hydrogen-bond donors (Lipinski definition) is 2. The minimum absolute atomic E-state index is 0.0502. The molecule has 0 aromatic heterocycles. The van der Waals surface area contributed by atoms with E-state index in [-0.39, 0.29) is 23.9 Å². The molecule has 1 unspecified atom stereocenters. The van der Waals surface area contributed by atoms with Gasteiger partial charge in [-0.3, -0.25) is 4.79 Å². The van der Waals surface area contributed by atoms with Crippen LogP contribution in [0.5, 0.6) is 0 Å². The summed E-state index contributed by atoms with van der Waals surface area (Å²) in [6, 6.07) is 8.16. The van der Waals surface area contributed by atoms with E-state index < -0.39 is 0 Å². The number of nitrogens with one attached hydrogen (secondary N) is 1. The van der Waals surface area contributed by atoms with Crippen LogP contribution in [0.25, 0.3) is 0 Å². The van der Waals surface area contributed by atoms with Crippen molar-refractivity contribution < 1.29 is 4.79 Å². The van der Waals surface area contributed by atoms with Crippen LogP contribution in [0.15, 0.2) is 24.3 Å². The number of carbonyl (C=O) groups excluding carboxylic acids is 1. The van der Waals surface area contributed by atoms with Crippen LogP contribution >= 0.6 is 0 Å². The number of amides is 1. The largest absolute Gasteiger partial charge is 0.351 e. The molecular formula is C15H22N2O. The van der Waals surface area contributed by atoms with Gasteiger partial charge in [0, 0.05) is 5.92 Å². The fourth-order valence-electron chi connectivity index (χ4n) is 2.66. The third kappa shape index (κ3) is 2.56. The lowest BCUT2D eigenvalue weighted by Crippen LogP contribution is -2.42. The summed E-state index contributed by atoms with van der Waals surface area (Å²) in [6.07, 6.45) is 2.81. The molecule has 0 radical (unpaired) electrons. The van der Waals surface area contributed by atoms with Gasteiger partial charge >= 0.3 is 0 Å². The van der Waals surface area contributed by atoms with Gasteiger partial charge in [-0.15, -0.1) is 0 Å². The monoisotopic (exact) mass is 246 g/mol. The molecular weight excluding hydrogens is 224 g/mol. The quantitative estimate of drug-likeness (QED) is 0.855. The van der Waals surface area contributed by atoms with Gasteiger partial charge in [0.15, 0.2) is 0 Å². The highest BCUT2D eigenvalue weighted by Gasteiger charge is 2.31. The fraction of sp³-hybridized carbons (Fsp3) is 0.533. The maximum Gasteiger partial charge on any atom is 0.223 e. The van der Waals surface area contributed by atoms with Gasteiger partial charge in [-0.25, -0.2) is 0 Å². The molecule has 0 bridgehead atoms.